The number of amides is 1. The molecule has 4 nitrogen and oxygen atoms in total. The Balaban J connectivity index is 1.78. The van der Waals surface area contributed by atoms with Gasteiger partial charge in [0.15, 0.2) is 5.13 Å². The topological polar surface area (TPSA) is 46.1 Å². The van der Waals surface area contributed by atoms with E-state index in [1.54, 1.807) is 35.4 Å². The first-order valence-electron chi connectivity index (χ1n) is 8.04. The number of para-hydroxylation sites is 1. The summed E-state index contributed by atoms with van der Waals surface area (Å²) in [4.78, 5) is 23.3. The number of aromatic nitrogens is 2. The molecular weight excluding hydrogens is 349 g/mol. The Bertz CT molecular complexity index is 1050. The number of thiazole rings is 1. The molecule has 0 spiro atoms. The summed E-state index contributed by atoms with van der Waals surface area (Å²) in [6.07, 6.45) is 1.68. The van der Waals surface area contributed by atoms with Crippen molar-refractivity contribution in [3.8, 4) is 0 Å². The first kappa shape index (κ1) is 16.4. The molecule has 4 rings (SSSR count). The lowest BCUT2D eigenvalue weighted by atomic mass is 10.2. The summed E-state index contributed by atoms with van der Waals surface area (Å²) < 4.78 is 14.7. The molecule has 0 N–H and O–H groups in total. The molecule has 0 saturated carbocycles. The van der Waals surface area contributed by atoms with Gasteiger partial charge in [-0.3, -0.25) is 14.7 Å². The maximum Gasteiger partial charge on any atom is 0.260 e. The molecule has 0 aliphatic carbocycles. The molecule has 0 atom stereocenters. The first-order valence-corrected chi connectivity index (χ1v) is 8.86. The van der Waals surface area contributed by atoms with Crippen molar-refractivity contribution in [3.05, 3.63) is 90.0 Å². The number of rotatable bonds is 4. The predicted molar refractivity (Wildman–Crippen MR) is 101 cm³/mol. The molecule has 6 heteroatoms. The van der Waals surface area contributed by atoms with E-state index in [2.05, 4.69) is 9.97 Å². The van der Waals surface area contributed by atoms with Gasteiger partial charge >= 0.3 is 0 Å². The van der Waals surface area contributed by atoms with Crippen molar-refractivity contribution in [1.29, 1.82) is 0 Å². The van der Waals surface area contributed by atoms with Gasteiger partial charge in [0.1, 0.15) is 11.3 Å². The van der Waals surface area contributed by atoms with Crippen molar-refractivity contribution in [1.82, 2.24) is 9.97 Å². The summed E-state index contributed by atoms with van der Waals surface area (Å²) in [5, 5.41) is 0.449. The van der Waals surface area contributed by atoms with Gasteiger partial charge in [-0.1, -0.05) is 41.7 Å². The number of pyridine rings is 1. The lowest BCUT2D eigenvalue weighted by molar-refractivity contribution is 0.0985. The largest absolute Gasteiger partial charge is 0.278 e. The molecule has 2 aromatic heterocycles. The minimum absolute atomic E-state index is 0.198. The fraction of sp³-hybridized carbons (Fsp3) is 0.0500. The summed E-state index contributed by atoms with van der Waals surface area (Å²) in [6, 6.07) is 19.3. The molecule has 1 amide bonds. The maximum absolute atomic E-state index is 14.0. The zero-order valence-electron chi connectivity index (χ0n) is 13.7. The third-order valence-electron chi connectivity index (χ3n) is 3.90. The summed E-state index contributed by atoms with van der Waals surface area (Å²) in [5.41, 5.74) is 1.55. The lowest BCUT2D eigenvalue weighted by Gasteiger charge is -2.19. The van der Waals surface area contributed by atoms with Gasteiger partial charge in [0.25, 0.3) is 5.91 Å². The molecule has 26 heavy (non-hydrogen) atoms. The van der Waals surface area contributed by atoms with Crippen LogP contribution in [0.25, 0.3) is 10.2 Å². The highest BCUT2D eigenvalue weighted by atomic mass is 32.1. The molecular formula is C20H14FN3OS. The van der Waals surface area contributed by atoms with Gasteiger partial charge in [0.2, 0.25) is 0 Å². The second-order valence-corrected chi connectivity index (χ2v) is 6.67. The van der Waals surface area contributed by atoms with Gasteiger partial charge < -0.3 is 0 Å². The second-order valence-electron chi connectivity index (χ2n) is 5.66. The van der Waals surface area contributed by atoms with Crippen LogP contribution in [0.2, 0.25) is 0 Å². The smallest absolute Gasteiger partial charge is 0.260 e. The van der Waals surface area contributed by atoms with E-state index in [0.717, 1.165) is 5.69 Å². The minimum Gasteiger partial charge on any atom is -0.278 e. The van der Waals surface area contributed by atoms with Crippen LogP contribution in [0.15, 0.2) is 72.9 Å². The molecule has 0 unspecified atom stereocenters. The van der Waals surface area contributed by atoms with Crippen molar-refractivity contribution in [3.63, 3.8) is 0 Å². The number of carbonyl (C=O) groups is 1. The Morgan fingerprint density at radius 1 is 1.00 bits per heavy atom. The Labute approximate surface area is 153 Å². The van der Waals surface area contributed by atoms with Crippen molar-refractivity contribution in [2.24, 2.45) is 0 Å². The lowest BCUT2D eigenvalue weighted by Crippen LogP contribution is -2.30. The van der Waals surface area contributed by atoms with Crippen LogP contribution in [0.4, 0.5) is 9.52 Å². The van der Waals surface area contributed by atoms with Gasteiger partial charge in [-0.15, -0.1) is 0 Å². The Morgan fingerprint density at radius 3 is 2.54 bits per heavy atom. The predicted octanol–water partition coefficient (Wildman–Crippen LogP) is 4.68. The number of nitrogens with zero attached hydrogens (tertiary/aromatic N) is 3. The number of hydrogen-bond acceptors (Lipinski definition) is 4. The summed E-state index contributed by atoms with van der Waals surface area (Å²) in [6.45, 7) is 0.260. The molecule has 2 heterocycles. The normalized spacial score (nSPS) is 10.8. The van der Waals surface area contributed by atoms with Crippen molar-refractivity contribution in [2.75, 3.05) is 4.90 Å². The fourth-order valence-electron chi connectivity index (χ4n) is 2.64. The molecule has 0 bridgehead atoms. The minimum atomic E-state index is -0.394. The van der Waals surface area contributed by atoms with E-state index in [1.165, 1.54) is 17.4 Å². The molecule has 2 aromatic carbocycles. The number of benzene rings is 2. The zero-order chi connectivity index (χ0) is 17.9. The molecule has 0 aliphatic rings. The Hall–Kier alpha value is -3.12. The highest BCUT2D eigenvalue weighted by Crippen LogP contribution is 2.31. The van der Waals surface area contributed by atoms with E-state index in [9.17, 15) is 9.18 Å². The van der Waals surface area contributed by atoms with Gasteiger partial charge in [0.05, 0.1) is 16.9 Å². The van der Waals surface area contributed by atoms with Gasteiger partial charge in [-0.25, -0.2) is 9.37 Å². The number of carbonyl (C=O) groups excluding carboxylic acids is 1. The molecule has 128 valence electrons. The highest BCUT2D eigenvalue weighted by molar-refractivity contribution is 7.22. The number of fused-ring (bicyclic) bond motifs is 1. The Morgan fingerprint density at radius 2 is 1.81 bits per heavy atom. The van der Waals surface area contributed by atoms with E-state index >= 15 is 0 Å². The van der Waals surface area contributed by atoms with Crippen LogP contribution in [0.1, 0.15) is 16.1 Å². The van der Waals surface area contributed by atoms with Crippen molar-refractivity contribution in [2.45, 2.75) is 6.54 Å². The van der Waals surface area contributed by atoms with Gasteiger partial charge in [-0.2, -0.15) is 0 Å². The van der Waals surface area contributed by atoms with Crippen LogP contribution in [0.3, 0.4) is 0 Å². The van der Waals surface area contributed by atoms with Crippen molar-refractivity contribution >= 4 is 32.6 Å². The highest BCUT2D eigenvalue weighted by Gasteiger charge is 2.22. The van der Waals surface area contributed by atoms with Crippen LogP contribution in [-0.4, -0.2) is 15.9 Å². The second kappa shape index (κ2) is 7.01. The molecule has 0 saturated heterocycles. The maximum atomic E-state index is 14.0. The van der Waals surface area contributed by atoms with Gasteiger partial charge in [-0.05, 0) is 36.4 Å². The summed E-state index contributed by atoms with van der Waals surface area (Å²) in [5.74, 6) is -0.592. The monoisotopic (exact) mass is 363 g/mol. The van der Waals surface area contributed by atoms with E-state index in [-0.39, 0.29) is 18.0 Å². The van der Waals surface area contributed by atoms with Crippen molar-refractivity contribution < 1.29 is 9.18 Å². The quantitative estimate of drug-likeness (QED) is 0.529. The van der Waals surface area contributed by atoms with Crippen LogP contribution in [0.5, 0.6) is 0 Å². The molecule has 0 radical (unpaired) electrons. The Kier molecular flexibility index (Phi) is 4.41. The average molecular weight is 363 g/mol. The fourth-order valence-corrected chi connectivity index (χ4v) is 3.61. The summed E-state index contributed by atoms with van der Waals surface area (Å²) in [7, 11) is 0. The van der Waals surface area contributed by atoms with E-state index in [1.807, 2.05) is 36.4 Å². The average Bonchev–Trinajstić information content (AvgIpc) is 3.12. The molecule has 4 aromatic rings. The number of halogens is 1. The van der Waals surface area contributed by atoms with Crippen LogP contribution >= 0.6 is 11.3 Å². The van der Waals surface area contributed by atoms with Crippen LogP contribution in [-0.2, 0) is 6.54 Å². The van der Waals surface area contributed by atoms with Crippen LogP contribution in [0, 0.1) is 5.82 Å². The van der Waals surface area contributed by atoms with E-state index in [4.69, 9.17) is 0 Å². The van der Waals surface area contributed by atoms with Gasteiger partial charge in [0, 0.05) is 11.8 Å². The third kappa shape index (κ3) is 3.19. The zero-order valence-corrected chi connectivity index (χ0v) is 14.5. The molecule has 0 fully saturated rings. The SMILES string of the molecule is O=C(c1ccccc1)N(Cc1ccccn1)c1nc2c(F)cccc2s1. The molecule has 0 aliphatic heterocycles. The number of hydrogen-bond donors (Lipinski definition) is 0. The van der Waals surface area contributed by atoms with Crippen LogP contribution < -0.4 is 4.90 Å². The summed E-state index contributed by atoms with van der Waals surface area (Å²) >= 11 is 1.29. The standard InChI is InChI=1S/C20H14FN3OS/c21-16-10-6-11-17-18(16)23-20(26-17)24(13-15-9-4-5-12-22-15)19(25)14-7-2-1-3-8-14/h1-12H,13H2. The van der Waals surface area contributed by atoms with E-state index < -0.39 is 5.82 Å². The van der Waals surface area contributed by atoms with E-state index in [0.29, 0.717) is 15.4 Å². The number of anilines is 1. The first-order chi connectivity index (χ1) is 12.7. The third-order valence-corrected chi connectivity index (χ3v) is 4.95.